The van der Waals surface area contributed by atoms with Crippen LogP contribution < -0.4 is 0 Å². The summed E-state index contributed by atoms with van der Waals surface area (Å²) in [6.45, 7) is 6.62. The van der Waals surface area contributed by atoms with Gasteiger partial charge >= 0.3 is 0 Å². The van der Waals surface area contributed by atoms with E-state index in [-0.39, 0.29) is 0 Å². The van der Waals surface area contributed by atoms with Gasteiger partial charge in [0.25, 0.3) is 0 Å². The zero-order valence-electron chi connectivity index (χ0n) is 6.25. The van der Waals surface area contributed by atoms with Gasteiger partial charge in [-0.15, -0.1) is 6.58 Å². The van der Waals surface area contributed by atoms with Crippen LogP contribution in [0.1, 0.15) is 12.0 Å². The van der Waals surface area contributed by atoms with Crippen LogP contribution in [-0.2, 0) is 6.54 Å². The molecule has 0 bridgehead atoms. The molecule has 0 spiro atoms. The summed E-state index contributed by atoms with van der Waals surface area (Å²) < 4.78 is 1.93. The molecule has 0 atom stereocenters. The van der Waals surface area contributed by atoms with Crippen molar-refractivity contribution in [3.05, 3.63) is 30.6 Å². The fraction of sp³-hybridized carbons (Fsp3) is 0.375. The zero-order chi connectivity index (χ0) is 7.40. The van der Waals surface area contributed by atoms with Crippen LogP contribution in [0.4, 0.5) is 0 Å². The molecule has 1 aromatic heterocycles. The number of rotatable bonds is 3. The maximum Gasteiger partial charge on any atom is 0.0518 e. The molecule has 1 heterocycles. The van der Waals surface area contributed by atoms with Gasteiger partial charge in [-0.1, -0.05) is 6.08 Å². The second-order valence-electron chi connectivity index (χ2n) is 2.36. The Balaban J connectivity index is 2.49. The Morgan fingerprint density at radius 2 is 2.60 bits per heavy atom. The van der Waals surface area contributed by atoms with Gasteiger partial charge in [-0.25, -0.2) is 0 Å². The third-order valence-electron chi connectivity index (χ3n) is 1.32. The summed E-state index contributed by atoms with van der Waals surface area (Å²) in [5.41, 5.74) is 1.21. The van der Waals surface area contributed by atoms with E-state index in [1.54, 1.807) is 0 Å². The minimum Gasteiger partial charge on any atom is -0.272 e. The Morgan fingerprint density at radius 1 is 1.80 bits per heavy atom. The first-order chi connectivity index (χ1) is 4.83. The molecule has 0 aliphatic carbocycles. The SMILES string of the molecule is C=CCCn1cc(C)cn1. The number of aromatic nitrogens is 2. The molecule has 0 N–H and O–H groups in total. The van der Waals surface area contributed by atoms with Gasteiger partial charge in [0.2, 0.25) is 0 Å². The lowest BCUT2D eigenvalue weighted by atomic mass is 10.4. The van der Waals surface area contributed by atoms with Crippen LogP contribution in [-0.4, -0.2) is 9.78 Å². The van der Waals surface area contributed by atoms with E-state index in [9.17, 15) is 0 Å². The van der Waals surface area contributed by atoms with Crippen molar-refractivity contribution in [3.8, 4) is 0 Å². The first kappa shape index (κ1) is 7.06. The summed E-state index contributed by atoms with van der Waals surface area (Å²) in [5.74, 6) is 0. The number of allylic oxidation sites excluding steroid dienone is 1. The van der Waals surface area contributed by atoms with E-state index in [0.717, 1.165) is 13.0 Å². The second-order valence-corrected chi connectivity index (χ2v) is 2.36. The van der Waals surface area contributed by atoms with Crippen LogP contribution in [0.5, 0.6) is 0 Å². The molecule has 0 aromatic carbocycles. The summed E-state index contributed by atoms with van der Waals surface area (Å²) in [5, 5.41) is 4.12. The summed E-state index contributed by atoms with van der Waals surface area (Å²) in [7, 11) is 0. The predicted molar refractivity (Wildman–Crippen MR) is 41.8 cm³/mol. The van der Waals surface area contributed by atoms with Gasteiger partial charge in [-0.2, -0.15) is 5.10 Å². The predicted octanol–water partition coefficient (Wildman–Crippen LogP) is 1.77. The molecule has 1 rings (SSSR count). The van der Waals surface area contributed by atoms with Crippen molar-refractivity contribution in [1.82, 2.24) is 9.78 Å². The third-order valence-corrected chi connectivity index (χ3v) is 1.32. The fourth-order valence-corrected chi connectivity index (χ4v) is 0.813. The molecule has 0 radical (unpaired) electrons. The largest absolute Gasteiger partial charge is 0.272 e. The van der Waals surface area contributed by atoms with Crippen molar-refractivity contribution >= 4 is 0 Å². The standard InChI is InChI=1S/C8H12N2/c1-3-4-5-10-7-8(2)6-9-10/h3,6-7H,1,4-5H2,2H3. The molecule has 0 aliphatic heterocycles. The van der Waals surface area contributed by atoms with E-state index in [2.05, 4.69) is 11.7 Å². The molecular formula is C8H12N2. The highest BCUT2D eigenvalue weighted by atomic mass is 15.3. The van der Waals surface area contributed by atoms with Gasteiger partial charge in [-0.3, -0.25) is 4.68 Å². The van der Waals surface area contributed by atoms with E-state index in [0.29, 0.717) is 0 Å². The van der Waals surface area contributed by atoms with Gasteiger partial charge in [0.1, 0.15) is 0 Å². The first-order valence-corrected chi connectivity index (χ1v) is 3.43. The average Bonchev–Trinajstić information content (AvgIpc) is 2.31. The normalized spacial score (nSPS) is 9.70. The molecule has 1 aromatic rings. The number of hydrogen-bond acceptors (Lipinski definition) is 1. The Kier molecular flexibility index (Phi) is 2.26. The van der Waals surface area contributed by atoms with Crippen molar-refractivity contribution in [2.24, 2.45) is 0 Å². The van der Waals surface area contributed by atoms with Gasteiger partial charge in [-0.05, 0) is 18.9 Å². The minimum absolute atomic E-state index is 0.942. The maximum absolute atomic E-state index is 4.12. The molecule has 10 heavy (non-hydrogen) atoms. The van der Waals surface area contributed by atoms with Gasteiger partial charge in [0.05, 0.1) is 6.20 Å². The van der Waals surface area contributed by atoms with Crippen LogP contribution in [0.3, 0.4) is 0 Å². The Morgan fingerprint density at radius 3 is 3.10 bits per heavy atom. The van der Waals surface area contributed by atoms with E-state index in [1.165, 1.54) is 5.56 Å². The second kappa shape index (κ2) is 3.20. The Bertz CT molecular complexity index is 213. The summed E-state index contributed by atoms with van der Waals surface area (Å²) >= 11 is 0. The van der Waals surface area contributed by atoms with Crippen LogP contribution in [0, 0.1) is 6.92 Å². The lowest BCUT2D eigenvalue weighted by Crippen LogP contribution is -1.95. The summed E-state index contributed by atoms with van der Waals surface area (Å²) in [4.78, 5) is 0. The molecule has 2 heteroatoms. The van der Waals surface area contributed by atoms with Crippen LogP contribution in [0.15, 0.2) is 25.0 Å². The Labute approximate surface area is 61.2 Å². The fourth-order valence-electron chi connectivity index (χ4n) is 0.813. The van der Waals surface area contributed by atoms with Crippen LogP contribution in [0.25, 0.3) is 0 Å². The topological polar surface area (TPSA) is 17.8 Å². The molecule has 0 saturated carbocycles. The van der Waals surface area contributed by atoms with Gasteiger partial charge < -0.3 is 0 Å². The summed E-state index contributed by atoms with van der Waals surface area (Å²) in [6, 6.07) is 0. The van der Waals surface area contributed by atoms with E-state index in [4.69, 9.17) is 0 Å². The lowest BCUT2D eigenvalue weighted by molar-refractivity contribution is 0.624. The van der Waals surface area contributed by atoms with E-state index in [1.807, 2.05) is 30.1 Å². The molecule has 2 nitrogen and oxygen atoms in total. The molecular weight excluding hydrogens is 124 g/mol. The number of aryl methyl sites for hydroxylation is 2. The van der Waals surface area contributed by atoms with Crippen molar-refractivity contribution in [3.63, 3.8) is 0 Å². The quantitative estimate of drug-likeness (QED) is 0.579. The third kappa shape index (κ3) is 1.72. The first-order valence-electron chi connectivity index (χ1n) is 3.43. The van der Waals surface area contributed by atoms with Crippen molar-refractivity contribution < 1.29 is 0 Å². The highest BCUT2D eigenvalue weighted by molar-refractivity contribution is 4.99. The summed E-state index contributed by atoms with van der Waals surface area (Å²) in [6.07, 6.45) is 6.78. The van der Waals surface area contributed by atoms with Crippen molar-refractivity contribution in [2.45, 2.75) is 19.9 Å². The van der Waals surface area contributed by atoms with Gasteiger partial charge in [0, 0.05) is 12.7 Å². The zero-order valence-corrected chi connectivity index (χ0v) is 6.25. The maximum atomic E-state index is 4.12. The number of hydrogen-bond donors (Lipinski definition) is 0. The van der Waals surface area contributed by atoms with E-state index >= 15 is 0 Å². The highest BCUT2D eigenvalue weighted by Gasteiger charge is 1.89. The molecule has 54 valence electrons. The monoisotopic (exact) mass is 136 g/mol. The smallest absolute Gasteiger partial charge is 0.0518 e. The van der Waals surface area contributed by atoms with Crippen LogP contribution >= 0.6 is 0 Å². The highest BCUT2D eigenvalue weighted by Crippen LogP contribution is 1.95. The molecule has 0 aliphatic rings. The molecule has 0 fully saturated rings. The lowest BCUT2D eigenvalue weighted by Gasteiger charge is -1.94. The molecule has 0 saturated heterocycles. The van der Waals surface area contributed by atoms with Crippen molar-refractivity contribution in [2.75, 3.05) is 0 Å². The number of nitrogens with zero attached hydrogens (tertiary/aromatic N) is 2. The minimum atomic E-state index is 0.942. The van der Waals surface area contributed by atoms with Crippen LogP contribution in [0.2, 0.25) is 0 Å². The average molecular weight is 136 g/mol. The molecule has 0 amide bonds. The van der Waals surface area contributed by atoms with Crippen molar-refractivity contribution in [1.29, 1.82) is 0 Å². The Hall–Kier alpha value is -1.05. The van der Waals surface area contributed by atoms with E-state index < -0.39 is 0 Å². The molecule has 0 unspecified atom stereocenters. The van der Waals surface area contributed by atoms with Gasteiger partial charge in [0.15, 0.2) is 0 Å².